The van der Waals surface area contributed by atoms with Crippen LogP contribution in [0.1, 0.15) is 32.3 Å². The molecule has 122 valence electrons. The topological polar surface area (TPSA) is 81.9 Å². The van der Waals surface area contributed by atoms with Crippen molar-refractivity contribution in [3.05, 3.63) is 29.8 Å². The number of ether oxygens (including phenoxy) is 1. The molecule has 0 bridgehead atoms. The number of rotatable bonds is 10. The quantitative estimate of drug-likeness (QED) is 0.235. The van der Waals surface area contributed by atoms with Crippen LogP contribution < -0.4 is 5.73 Å². The van der Waals surface area contributed by atoms with Gasteiger partial charge in [-0.25, -0.2) is 9.86 Å². The highest BCUT2D eigenvalue weighted by molar-refractivity contribution is 5.78. The third kappa shape index (κ3) is 5.73. The van der Waals surface area contributed by atoms with Crippen molar-refractivity contribution in [1.29, 1.82) is 0 Å². The third-order valence-corrected chi connectivity index (χ3v) is 3.12. The molecule has 0 aromatic heterocycles. The van der Waals surface area contributed by atoms with E-state index in [1.54, 1.807) is 19.1 Å². The first-order valence-electron chi connectivity index (χ1n) is 7.50. The number of hydrogen-bond acceptors (Lipinski definition) is 5. The van der Waals surface area contributed by atoms with Gasteiger partial charge in [0.25, 0.3) is 0 Å². The second-order valence-corrected chi connectivity index (χ2v) is 4.87. The Labute approximate surface area is 131 Å². The highest BCUT2D eigenvalue weighted by atomic mass is 16.7. The Hall–Kier alpha value is -2.08. The average Bonchev–Trinajstić information content (AvgIpc) is 2.52. The molecule has 0 radical (unpaired) electrons. The average molecular weight is 308 g/mol. The van der Waals surface area contributed by atoms with Crippen LogP contribution in [-0.2, 0) is 25.6 Å². The summed E-state index contributed by atoms with van der Waals surface area (Å²) >= 11 is 0. The molecule has 22 heavy (non-hydrogen) atoms. The Morgan fingerprint density at radius 1 is 1.32 bits per heavy atom. The summed E-state index contributed by atoms with van der Waals surface area (Å²) in [6.45, 7) is 4.37. The first-order chi connectivity index (χ1) is 10.6. The minimum absolute atomic E-state index is 0.249. The van der Waals surface area contributed by atoms with Gasteiger partial charge in [0.1, 0.15) is 0 Å². The van der Waals surface area contributed by atoms with E-state index in [2.05, 4.69) is 0 Å². The Morgan fingerprint density at radius 3 is 2.55 bits per heavy atom. The van der Waals surface area contributed by atoms with Crippen LogP contribution in [0, 0.1) is 0 Å². The number of unbranched alkanes of at least 4 members (excludes halogenated alkanes) is 1. The summed E-state index contributed by atoms with van der Waals surface area (Å²) in [6.07, 6.45) is 2.58. The molecule has 6 heteroatoms. The maximum absolute atomic E-state index is 12.1. The Kier molecular flexibility index (Phi) is 7.99. The van der Waals surface area contributed by atoms with E-state index in [4.69, 9.17) is 15.3 Å². The summed E-state index contributed by atoms with van der Waals surface area (Å²) in [5.74, 6) is -0.483. The zero-order chi connectivity index (χ0) is 16.4. The van der Waals surface area contributed by atoms with Gasteiger partial charge in [-0.1, -0.05) is 25.5 Å². The molecule has 0 saturated heterocycles. The number of hydrogen-bond donors (Lipinski definition) is 1. The van der Waals surface area contributed by atoms with Crippen molar-refractivity contribution in [2.45, 2.75) is 39.2 Å². The van der Waals surface area contributed by atoms with E-state index >= 15 is 0 Å². The molecule has 0 aliphatic heterocycles. The normalized spacial score (nSPS) is 11.7. The molecule has 0 spiro atoms. The summed E-state index contributed by atoms with van der Waals surface area (Å²) in [6, 6.07) is 6.33. The molecular weight excluding hydrogens is 284 g/mol. The van der Waals surface area contributed by atoms with Crippen LogP contribution in [0.5, 0.6) is 0 Å². The highest BCUT2D eigenvalue weighted by Crippen LogP contribution is 2.13. The number of hydroxylamine groups is 2. The summed E-state index contributed by atoms with van der Waals surface area (Å²) in [7, 11) is 0. The molecule has 1 atom stereocenters. The highest BCUT2D eigenvalue weighted by Gasteiger charge is 2.27. The van der Waals surface area contributed by atoms with Gasteiger partial charge in [-0.05, 0) is 31.0 Å². The summed E-state index contributed by atoms with van der Waals surface area (Å²) < 4.78 is 5.04. The van der Waals surface area contributed by atoms with Gasteiger partial charge in [-0.15, -0.1) is 0 Å². The zero-order valence-electron chi connectivity index (χ0n) is 13.2. The molecule has 2 N–H and O–H groups in total. The third-order valence-electron chi connectivity index (χ3n) is 3.12. The maximum atomic E-state index is 12.1. The molecule has 1 aromatic rings. The van der Waals surface area contributed by atoms with Crippen LogP contribution in [0.4, 0.5) is 5.69 Å². The predicted molar refractivity (Wildman–Crippen MR) is 83.7 cm³/mol. The van der Waals surface area contributed by atoms with Gasteiger partial charge in [-0.2, -0.15) is 0 Å². The van der Waals surface area contributed by atoms with E-state index in [1.807, 2.05) is 19.1 Å². The SMILES string of the molecule is CCCCON(C=O)C(Cc1ccc(N)cc1)C(=O)OCC. The summed E-state index contributed by atoms with van der Waals surface area (Å²) in [5, 5.41) is 1.05. The lowest BCUT2D eigenvalue weighted by Gasteiger charge is -2.25. The lowest BCUT2D eigenvalue weighted by molar-refractivity contribution is -0.198. The van der Waals surface area contributed by atoms with Gasteiger partial charge in [-0.3, -0.25) is 9.63 Å². The van der Waals surface area contributed by atoms with Crippen molar-refractivity contribution in [3.63, 3.8) is 0 Å². The standard InChI is InChI=1S/C16H24N2O4/c1-3-5-10-22-18(12-19)15(16(20)21-4-2)11-13-6-8-14(17)9-7-13/h6-9,12,15H,3-5,10-11,17H2,1-2H3. The van der Waals surface area contributed by atoms with E-state index in [1.165, 1.54) is 0 Å². The number of esters is 1. The molecule has 0 aliphatic rings. The second kappa shape index (κ2) is 9.78. The molecule has 6 nitrogen and oxygen atoms in total. The lowest BCUT2D eigenvalue weighted by Crippen LogP contribution is -2.43. The molecule has 0 heterocycles. The molecule has 0 saturated carbocycles. The van der Waals surface area contributed by atoms with Crippen LogP contribution in [0.25, 0.3) is 0 Å². The van der Waals surface area contributed by atoms with Crippen LogP contribution in [0.15, 0.2) is 24.3 Å². The number of amides is 1. The number of nitrogens with two attached hydrogens (primary N) is 1. The second-order valence-electron chi connectivity index (χ2n) is 4.87. The monoisotopic (exact) mass is 308 g/mol. The van der Waals surface area contributed by atoms with Gasteiger partial charge < -0.3 is 10.5 Å². The molecule has 1 unspecified atom stereocenters. The van der Waals surface area contributed by atoms with Crippen LogP contribution >= 0.6 is 0 Å². The van der Waals surface area contributed by atoms with Gasteiger partial charge in [0, 0.05) is 12.1 Å². The van der Waals surface area contributed by atoms with Crippen molar-refractivity contribution in [2.75, 3.05) is 18.9 Å². The first kappa shape index (κ1) is 18.0. The predicted octanol–water partition coefficient (Wildman–Crippen LogP) is 1.93. The van der Waals surface area contributed by atoms with Gasteiger partial charge in [0.2, 0.25) is 6.41 Å². The Balaban J connectivity index is 2.83. The zero-order valence-corrected chi connectivity index (χ0v) is 13.2. The van der Waals surface area contributed by atoms with E-state index in [-0.39, 0.29) is 6.61 Å². The molecule has 1 aromatic carbocycles. The molecular formula is C16H24N2O4. The number of nitrogen functional groups attached to an aromatic ring is 1. The lowest BCUT2D eigenvalue weighted by atomic mass is 10.1. The van der Waals surface area contributed by atoms with Gasteiger partial charge >= 0.3 is 5.97 Å². The molecule has 0 fully saturated rings. The maximum Gasteiger partial charge on any atom is 0.331 e. The fourth-order valence-corrected chi connectivity index (χ4v) is 1.90. The number of carbonyl (C=O) groups is 2. The minimum Gasteiger partial charge on any atom is -0.464 e. The van der Waals surface area contributed by atoms with Crippen LogP contribution in [0.2, 0.25) is 0 Å². The molecule has 1 amide bonds. The minimum atomic E-state index is -0.807. The number of nitrogens with zero attached hydrogens (tertiary/aromatic N) is 1. The van der Waals surface area contributed by atoms with Crippen molar-refractivity contribution < 1.29 is 19.2 Å². The summed E-state index contributed by atoms with van der Waals surface area (Å²) in [4.78, 5) is 28.8. The number of anilines is 1. The van der Waals surface area contributed by atoms with E-state index < -0.39 is 12.0 Å². The van der Waals surface area contributed by atoms with Crippen LogP contribution in [-0.4, -0.2) is 36.7 Å². The Morgan fingerprint density at radius 2 is 2.00 bits per heavy atom. The van der Waals surface area contributed by atoms with Crippen molar-refractivity contribution >= 4 is 18.1 Å². The fraction of sp³-hybridized carbons (Fsp3) is 0.500. The van der Waals surface area contributed by atoms with E-state index in [9.17, 15) is 9.59 Å². The molecule has 1 rings (SSSR count). The van der Waals surface area contributed by atoms with Gasteiger partial charge in [0.15, 0.2) is 6.04 Å². The van der Waals surface area contributed by atoms with E-state index in [0.717, 1.165) is 23.5 Å². The summed E-state index contributed by atoms with van der Waals surface area (Å²) in [5.41, 5.74) is 7.16. The smallest absolute Gasteiger partial charge is 0.331 e. The fourth-order valence-electron chi connectivity index (χ4n) is 1.90. The largest absolute Gasteiger partial charge is 0.464 e. The van der Waals surface area contributed by atoms with Gasteiger partial charge in [0.05, 0.1) is 13.2 Å². The number of carbonyl (C=O) groups excluding carboxylic acids is 2. The van der Waals surface area contributed by atoms with Crippen molar-refractivity contribution in [1.82, 2.24) is 5.06 Å². The van der Waals surface area contributed by atoms with Crippen LogP contribution in [0.3, 0.4) is 0 Å². The number of benzene rings is 1. The Bertz CT molecular complexity index is 462. The molecule has 0 aliphatic carbocycles. The van der Waals surface area contributed by atoms with Crippen molar-refractivity contribution in [3.8, 4) is 0 Å². The first-order valence-corrected chi connectivity index (χ1v) is 7.50. The van der Waals surface area contributed by atoms with Crippen molar-refractivity contribution in [2.24, 2.45) is 0 Å². The van der Waals surface area contributed by atoms with E-state index in [0.29, 0.717) is 25.1 Å².